The first-order chi connectivity index (χ1) is 7.70. The Kier molecular flexibility index (Phi) is 3.13. The molecule has 0 fully saturated rings. The minimum absolute atomic E-state index is 0.433. The SMILES string of the molecule is COc1cc(-c2ncc(I)c(N)n2)ncn1. The molecule has 2 heterocycles. The highest BCUT2D eigenvalue weighted by molar-refractivity contribution is 14.1. The van der Waals surface area contributed by atoms with Gasteiger partial charge in [0.05, 0.1) is 10.7 Å². The van der Waals surface area contributed by atoms with Gasteiger partial charge in [0.25, 0.3) is 0 Å². The topological polar surface area (TPSA) is 86.8 Å². The summed E-state index contributed by atoms with van der Waals surface area (Å²) in [4.78, 5) is 16.2. The molecule has 0 bridgehead atoms. The lowest BCUT2D eigenvalue weighted by Crippen LogP contribution is -2.00. The van der Waals surface area contributed by atoms with Crippen LogP contribution in [0.3, 0.4) is 0 Å². The van der Waals surface area contributed by atoms with Gasteiger partial charge in [-0.25, -0.2) is 19.9 Å². The zero-order chi connectivity index (χ0) is 11.5. The molecule has 2 aromatic heterocycles. The summed E-state index contributed by atoms with van der Waals surface area (Å²) in [7, 11) is 1.54. The molecule has 0 atom stereocenters. The Morgan fingerprint density at radius 3 is 2.81 bits per heavy atom. The van der Waals surface area contributed by atoms with Gasteiger partial charge in [-0.15, -0.1) is 0 Å². The zero-order valence-electron chi connectivity index (χ0n) is 8.38. The maximum absolute atomic E-state index is 5.70. The number of ether oxygens (including phenoxy) is 1. The number of rotatable bonds is 2. The highest BCUT2D eigenvalue weighted by atomic mass is 127. The van der Waals surface area contributed by atoms with Crippen LogP contribution in [0.4, 0.5) is 5.82 Å². The average molecular weight is 329 g/mol. The quantitative estimate of drug-likeness (QED) is 0.831. The Morgan fingerprint density at radius 1 is 1.31 bits per heavy atom. The van der Waals surface area contributed by atoms with Gasteiger partial charge in [0.15, 0.2) is 5.82 Å². The van der Waals surface area contributed by atoms with Gasteiger partial charge < -0.3 is 10.5 Å². The van der Waals surface area contributed by atoms with Crippen LogP contribution in [0, 0.1) is 3.57 Å². The molecule has 0 spiro atoms. The number of nitrogens with two attached hydrogens (primary N) is 1. The first kappa shape index (κ1) is 11.0. The Labute approximate surface area is 105 Å². The molecule has 0 saturated heterocycles. The van der Waals surface area contributed by atoms with Crippen LogP contribution in [0.15, 0.2) is 18.6 Å². The summed E-state index contributed by atoms with van der Waals surface area (Å²) in [6, 6.07) is 1.65. The van der Waals surface area contributed by atoms with E-state index in [1.807, 2.05) is 0 Å². The van der Waals surface area contributed by atoms with Crippen LogP contribution in [0.5, 0.6) is 5.88 Å². The number of methoxy groups -OCH3 is 1. The first-order valence-corrected chi connectivity index (χ1v) is 5.43. The molecule has 2 aromatic rings. The van der Waals surface area contributed by atoms with Crippen molar-refractivity contribution in [2.45, 2.75) is 0 Å². The van der Waals surface area contributed by atoms with Gasteiger partial charge in [0, 0.05) is 12.3 Å². The number of aromatic nitrogens is 4. The summed E-state index contributed by atoms with van der Waals surface area (Å²) in [6.45, 7) is 0. The predicted octanol–water partition coefficient (Wildman–Crippen LogP) is 1.13. The summed E-state index contributed by atoms with van der Waals surface area (Å²) in [5.41, 5.74) is 6.27. The standard InChI is InChI=1S/C9H8IN5O/c1-16-7-2-6(13-4-14-7)9-12-3-5(10)8(11)15-9/h2-4H,1H3,(H2,11,12,15). The number of halogens is 1. The smallest absolute Gasteiger partial charge is 0.216 e. The molecule has 0 aromatic carbocycles. The van der Waals surface area contributed by atoms with E-state index in [0.29, 0.717) is 23.2 Å². The van der Waals surface area contributed by atoms with Crippen molar-refractivity contribution in [1.29, 1.82) is 0 Å². The van der Waals surface area contributed by atoms with Gasteiger partial charge in [-0.05, 0) is 22.6 Å². The molecular formula is C9H8IN5O. The summed E-state index contributed by atoms with van der Waals surface area (Å²) in [6.07, 6.45) is 3.04. The molecule has 0 aliphatic carbocycles. The molecule has 0 aliphatic rings. The molecule has 82 valence electrons. The lowest BCUT2D eigenvalue weighted by molar-refractivity contribution is 0.397. The van der Waals surface area contributed by atoms with E-state index in [2.05, 4.69) is 42.5 Å². The maximum atomic E-state index is 5.70. The van der Waals surface area contributed by atoms with Crippen molar-refractivity contribution in [3.8, 4) is 17.4 Å². The van der Waals surface area contributed by atoms with Crippen LogP contribution in [0.2, 0.25) is 0 Å². The average Bonchev–Trinajstić information content (AvgIpc) is 2.33. The molecule has 0 unspecified atom stereocenters. The van der Waals surface area contributed by atoms with Crippen LogP contribution in [-0.4, -0.2) is 27.0 Å². The van der Waals surface area contributed by atoms with Crippen LogP contribution >= 0.6 is 22.6 Å². The molecule has 0 amide bonds. The summed E-state index contributed by atoms with van der Waals surface area (Å²) in [5.74, 6) is 1.35. The molecule has 7 heteroatoms. The molecule has 2 rings (SSSR count). The van der Waals surface area contributed by atoms with Gasteiger partial charge in [0.2, 0.25) is 5.88 Å². The van der Waals surface area contributed by atoms with E-state index in [1.165, 1.54) is 13.4 Å². The fourth-order valence-electron chi connectivity index (χ4n) is 1.08. The summed E-state index contributed by atoms with van der Waals surface area (Å²) in [5, 5.41) is 0. The second kappa shape index (κ2) is 4.56. The van der Waals surface area contributed by atoms with Gasteiger partial charge in [0.1, 0.15) is 17.8 Å². The van der Waals surface area contributed by atoms with Crippen molar-refractivity contribution in [1.82, 2.24) is 19.9 Å². The van der Waals surface area contributed by atoms with E-state index in [-0.39, 0.29) is 0 Å². The third-order valence-corrected chi connectivity index (χ3v) is 2.68. The number of anilines is 1. The number of hydrogen-bond donors (Lipinski definition) is 1. The fraction of sp³-hybridized carbons (Fsp3) is 0.111. The number of nitrogen functional groups attached to an aromatic ring is 1. The highest BCUT2D eigenvalue weighted by Gasteiger charge is 2.07. The van der Waals surface area contributed by atoms with E-state index >= 15 is 0 Å². The Balaban J connectivity index is 2.46. The van der Waals surface area contributed by atoms with Gasteiger partial charge >= 0.3 is 0 Å². The summed E-state index contributed by atoms with van der Waals surface area (Å²) < 4.78 is 5.80. The van der Waals surface area contributed by atoms with E-state index < -0.39 is 0 Å². The van der Waals surface area contributed by atoms with Crippen molar-refractivity contribution in [2.24, 2.45) is 0 Å². The van der Waals surface area contributed by atoms with E-state index in [9.17, 15) is 0 Å². The largest absolute Gasteiger partial charge is 0.481 e. The van der Waals surface area contributed by atoms with Gasteiger partial charge in [-0.2, -0.15) is 0 Å². The second-order valence-electron chi connectivity index (χ2n) is 2.87. The number of hydrogen-bond acceptors (Lipinski definition) is 6. The van der Waals surface area contributed by atoms with Gasteiger partial charge in [-0.1, -0.05) is 0 Å². The molecule has 6 nitrogen and oxygen atoms in total. The van der Waals surface area contributed by atoms with Gasteiger partial charge in [-0.3, -0.25) is 0 Å². The van der Waals surface area contributed by atoms with Crippen molar-refractivity contribution >= 4 is 28.4 Å². The van der Waals surface area contributed by atoms with E-state index in [4.69, 9.17) is 10.5 Å². The van der Waals surface area contributed by atoms with Crippen molar-refractivity contribution < 1.29 is 4.74 Å². The summed E-state index contributed by atoms with van der Waals surface area (Å²) >= 11 is 2.07. The Hall–Kier alpha value is -1.51. The van der Waals surface area contributed by atoms with Crippen LogP contribution in [0.25, 0.3) is 11.5 Å². The minimum atomic E-state index is 0.433. The van der Waals surface area contributed by atoms with E-state index in [1.54, 1.807) is 12.3 Å². The normalized spacial score (nSPS) is 10.1. The Morgan fingerprint density at radius 2 is 2.12 bits per heavy atom. The monoisotopic (exact) mass is 329 g/mol. The van der Waals surface area contributed by atoms with Crippen LogP contribution < -0.4 is 10.5 Å². The predicted molar refractivity (Wildman–Crippen MR) is 66.7 cm³/mol. The first-order valence-electron chi connectivity index (χ1n) is 4.35. The third kappa shape index (κ3) is 2.18. The van der Waals surface area contributed by atoms with Crippen LogP contribution in [-0.2, 0) is 0 Å². The number of nitrogens with zero attached hydrogens (tertiary/aromatic N) is 4. The maximum Gasteiger partial charge on any atom is 0.216 e. The fourth-order valence-corrected chi connectivity index (χ4v) is 1.34. The lowest BCUT2D eigenvalue weighted by Gasteiger charge is -2.03. The van der Waals surface area contributed by atoms with Crippen LogP contribution in [0.1, 0.15) is 0 Å². The molecule has 0 saturated carbocycles. The second-order valence-corrected chi connectivity index (χ2v) is 4.03. The van der Waals surface area contributed by atoms with E-state index in [0.717, 1.165) is 3.57 Å². The molecule has 0 aliphatic heterocycles. The van der Waals surface area contributed by atoms with Crippen molar-refractivity contribution in [2.75, 3.05) is 12.8 Å². The molecular weight excluding hydrogens is 321 g/mol. The third-order valence-electron chi connectivity index (χ3n) is 1.85. The van der Waals surface area contributed by atoms with Crippen molar-refractivity contribution in [3.63, 3.8) is 0 Å². The highest BCUT2D eigenvalue weighted by Crippen LogP contribution is 2.18. The molecule has 2 N–H and O–H groups in total. The molecule has 0 radical (unpaired) electrons. The van der Waals surface area contributed by atoms with Crippen molar-refractivity contribution in [3.05, 3.63) is 22.2 Å². The molecule has 16 heavy (non-hydrogen) atoms. The Bertz CT molecular complexity index is 519. The zero-order valence-corrected chi connectivity index (χ0v) is 10.5. The lowest BCUT2D eigenvalue weighted by atomic mass is 10.3. The minimum Gasteiger partial charge on any atom is -0.481 e.